The van der Waals surface area contributed by atoms with E-state index in [4.69, 9.17) is 0 Å². The molecule has 0 bridgehead atoms. The largest absolute Gasteiger partial charge is 0.351 e. The molecule has 3 heterocycles. The average molecular weight is 368 g/mol. The molecular weight excluding hydrogens is 340 g/mol. The van der Waals surface area contributed by atoms with Crippen LogP contribution in [0.5, 0.6) is 0 Å². The lowest BCUT2D eigenvalue weighted by Crippen LogP contribution is -2.42. The van der Waals surface area contributed by atoms with Gasteiger partial charge in [0.15, 0.2) is 0 Å². The van der Waals surface area contributed by atoms with Gasteiger partial charge < -0.3 is 5.32 Å². The summed E-state index contributed by atoms with van der Waals surface area (Å²) in [5.41, 5.74) is 1.22. The molecule has 1 N–H and O–H groups in total. The first kappa shape index (κ1) is 18.2. The first-order valence-corrected chi connectivity index (χ1v) is 10.2. The monoisotopic (exact) mass is 368 g/mol. The van der Waals surface area contributed by atoms with Crippen molar-refractivity contribution in [2.45, 2.75) is 58.0 Å². The number of hydrogen-bond acceptors (Lipinski definition) is 4. The maximum Gasteiger partial charge on any atom is 0.261 e. The Balaban J connectivity index is 1.46. The van der Waals surface area contributed by atoms with Crippen LogP contribution in [0.15, 0.2) is 23.0 Å². The van der Waals surface area contributed by atoms with E-state index in [0.29, 0.717) is 29.1 Å². The van der Waals surface area contributed by atoms with Gasteiger partial charge in [-0.2, -0.15) is 0 Å². The molecular formula is C21H28N4O2. The van der Waals surface area contributed by atoms with E-state index < -0.39 is 0 Å². The Hall–Kier alpha value is -2.21. The van der Waals surface area contributed by atoms with Gasteiger partial charge in [0, 0.05) is 37.7 Å². The third-order valence-electron chi connectivity index (χ3n) is 5.95. The van der Waals surface area contributed by atoms with Crippen LogP contribution in [0.4, 0.5) is 0 Å². The molecule has 0 spiro atoms. The zero-order chi connectivity index (χ0) is 18.8. The van der Waals surface area contributed by atoms with Gasteiger partial charge >= 0.3 is 0 Å². The number of amides is 1. The molecule has 0 unspecified atom stereocenters. The van der Waals surface area contributed by atoms with E-state index in [1.807, 2.05) is 0 Å². The summed E-state index contributed by atoms with van der Waals surface area (Å²) in [7, 11) is 0. The Bertz CT molecular complexity index is 905. The number of rotatable bonds is 4. The number of piperidine rings is 1. The third-order valence-corrected chi connectivity index (χ3v) is 5.95. The molecule has 1 atom stereocenters. The predicted octanol–water partition coefficient (Wildman–Crippen LogP) is 2.34. The molecule has 2 aliphatic rings. The smallest absolute Gasteiger partial charge is 0.261 e. The summed E-state index contributed by atoms with van der Waals surface area (Å²) < 4.78 is 1.78. The van der Waals surface area contributed by atoms with E-state index in [2.05, 4.69) is 22.1 Å². The Morgan fingerprint density at radius 3 is 2.93 bits per heavy atom. The molecule has 6 heteroatoms. The molecule has 1 saturated heterocycles. The summed E-state index contributed by atoms with van der Waals surface area (Å²) in [5.74, 6) is 0.747. The van der Waals surface area contributed by atoms with Gasteiger partial charge in [0.25, 0.3) is 11.5 Å². The molecule has 4 rings (SSSR count). The van der Waals surface area contributed by atoms with E-state index in [9.17, 15) is 9.59 Å². The van der Waals surface area contributed by atoms with Crippen LogP contribution >= 0.6 is 0 Å². The van der Waals surface area contributed by atoms with Crippen molar-refractivity contribution in [3.8, 4) is 0 Å². The molecule has 1 amide bonds. The van der Waals surface area contributed by atoms with Crippen LogP contribution in [0.1, 0.15) is 55.2 Å². The Morgan fingerprint density at radius 2 is 2.07 bits per heavy atom. The number of fused-ring (bicyclic) bond motifs is 2. The highest BCUT2D eigenvalue weighted by atomic mass is 16.1. The Kier molecular flexibility index (Phi) is 5.25. The van der Waals surface area contributed by atoms with E-state index in [1.165, 1.54) is 19.3 Å². The van der Waals surface area contributed by atoms with Gasteiger partial charge in [-0.15, -0.1) is 0 Å². The number of nitrogens with zero attached hydrogens (tertiary/aromatic N) is 3. The van der Waals surface area contributed by atoms with Crippen LogP contribution in [-0.2, 0) is 13.0 Å². The van der Waals surface area contributed by atoms with Gasteiger partial charge in [0.05, 0.1) is 10.9 Å². The van der Waals surface area contributed by atoms with Crippen LogP contribution in [-0.4, -0.2) is 46.0 Å². The number of carbonyl (C=O) groups excluding carboxylic acids is 1. The van der Waals surface area contributed by atoms with Gasteiger partial charge in [-0.25, -0.2) is 4.98 Å². The molecule has 144 valence electrons. The third kappa shape index (κ3) is 3.76. The Morgan fingerprint density at radius 1 is 1.22 bits per heavy atom. The van der Waals surface area contributed by atoms with E-state index >= 15 is 0 Å². The number of carbonyl (C=O) groups is 1. The first-order chi connectivity index (χ1) is 13.1. The number of nitrogens with one attached hydrogen (secondary N) is 1. The fraction of sp³-hybridized carbons (Fsp3) is 0.571. The van der Waals surface area contributed by atoms with Crippen molar-refractivity contribution in [3.05, 3.63) is 39.9 Å². The average Bonchev–Trinajstić information content (AvgIpc) is 2.69. The lowest BCUT2D eigenvalue weighted by atomic mass is 10.0. The molecule has 1 fully saturated rings. The topological polar surface area (TPSA) is 67.2 Å². The van der Waals surface area contributed by atoms with Crippen molar-refractivity contribution in [1.82, 2.24) is 19.8 Å². The zero-order valence-corrected chi connectivity index (χ0v) is 16.0. The van der Waals surface area contributed by atoms with Crippen LogP contribution in [0.3, 0.4) is 0 Å². The van der Waals surface area contributed by atoms with Crippen LogP contribution in [0.25, 0.3) is 10.9 Å². The molecule has 0 aliphatic carbocycles. The number of benzene rings is 1. The van der Waals surface area contributed by atoms with Gasteiger partial charge in [0.2, 0.25) is 0 Å². The second-order valence-electron chi connectivity index (χ2n) is 7.81. The number of aryl methyl sites for hydroxylation is 1. The van der Waals surface area contributed by atoms with Crippen molar-refractivity contribution >= 4 is 16.8 Å². The maximum absolute atomic E-state index is 12.6. The second-order valence-corrected chi connectivity index (χ2v) is 7.81. The highest BCUT2D eigenvalue weighted by Crippen LogP contribution is 2.17. The van der Waals surface area contributed by atoms with Crippen molar-refractivity contribution < 1.29 is 4.79 Å². The summed E-state index contributed by atoms with van der Waals surface area (Å²) in [4.78, 5) is 32.3. The predicted molar refractivity (Wildman–Crippen MR) is 106 cm³/mol. The highest BCUT2D eigenvalue weighted by molar-refractivity contribution is 5.97. The van der Waals surface area contributed by atoms with Crippen LogP contribution in [0, 0.1) is 0 Å². The van der Waals surface area contributed by atoms with Gasteiger partial charge in [-0.1, -0.05) is 6.42 Å². The summed E-state index contributed by atoms with van der Waals surface area (Å²) in [6, 6.07) is 5.83. The van der Waals surface area contributed by atoms with Gasteiger partial charge in [-0.3, -0.25) is 19.1 Å². The number of hydrogen-bond donors (Lipinski definition) is 1. The first-order valence-electron chi connectivity index (χ1n) is 10.2. The van der Waals surface area contributed by atoms with E-state index in [-0.39, 0.29) is 11.5 Å². The van der Waals surface area contributed by atoms with Gasteiger partial charge in [0.1, 0.15) is 5.82 Å². The standard InChI is InChI=1S/C21H28N4O2/c1-15-6-2-4-11-24(15)13-10-22-20(26)16-8-9-17-18(14-16)23-19-7-3-5-12-25(19)21(17)27/h8-9,14-15H,2-7,10-13H2,1H3,(H,22,26)/t15-/m1/s1. The fourth-order valence-electron chi connectivity index (χ4n) is 4.29. The molecule has 1 aromatic carbocycles. The summed E-state index contributed by atoms with van der Waals surface area (Å²) in [5, 5.41) is 3.61. The SMILES string of the molecule is C[C@@H]1CCCCN1CCNC(=O)c1ccc2c(=O)n3c(nc2c1)CCCC3. The lowest BCUT2D eigenvalue weighted by molar-refractivity contribution is 0.0938. The zero-order valence-electron chi connectivity index (χ0n) is 16.0. The molecule has 0 saturated carbocycles. The minimum Gasteiger partial charge on any atom is -0.351 e. The van der Waals surface area contributed by atoms with Crippen molar-refractivity contribution in [2.75, 3.05) is 19.6 Å². The highest BCUT2D eigenvalue weighted by Gasteiger charge is 2.18. The number of aromatic nitrogens is 2. The number of likely N-dealkylation sites (tertiary alicyclic amines) is 1. The molecule has 27 heavy (non-hydrogen) atoms. The second kappa shape index (κ2) is 7.80. The minimum atomic E-state index is -0.0961. The summed E-state index contributed by atoms with van der Waals surface area (Å²) in [6.07, 6.45) is 6.70. The van der Waals surface area contributed by atoms with Crippen molar-refractivity contribution in [3.63, 3.8) is 0 Å². The van der Waals surface area contributed by atoms with Crippen LogP contribution in [0.2, 0.25) is 0 Å². The normalized spacial score (nSPS) is 20.4. The maximum atomic E-state index is 12.6. The molecule has 2 aliphatic heterocycles. The van der Waals surface area contributed by atoms with E-state index in [1.54, 1.807) is 22.8 Å². The van der Waals surface area contributed by atoms with Gasteiger partial charge in [-0.05, 0) is 57.4 Å². The minimum absolute atomic E-state index is 0.0146. The molecule has 6 nitrogen and oxygen atoms in total. The van der Waals surface area contributed by atoms with Crippen molar-refractivity contribution in [2.24, 2.45) is 0 Å². The molecule has 0 radical (unpaired) electrons. The van der Waals surface area contributed by atoms with Crippen LogP contribution < -0.4 is 10.9 Å². The summed E-state index contributed by atoms with van der Waals surface area (Å²) >= 11 is 0. The Labute approximate surface area is 159 Å². The van der Waals surface area contributed by atoms with E-state index in [0.717, 1.165) is 44.7 Å². The molecule has 2 aromatic rings. The fourth-order valence-corrected chi connectivity index (χ4v) is 4.29. The van der Waals surface area contributed by atoms with Crippen molar-refractivity contribution in [1.29, 1.82) is 0 Å². The molecule has 1 aromatic heterocycles. The quantitative estimate of drug-likeness (QED) is 0.899. The summed E-state index contributed by atoms with van der Waals surface area (Å²) in [6.45, 7) is 5.64. The lowest BCUT2D eigenvalue weighted by Gasteiger charge is -2.33.